The van der Waals surface area contributed by atoms with Crippen LogP contribution in [0.4, 0.5) is 5.69 Å². The van der Waals surface area contributed by atoms with E-state index in [2.05, 4.69) is 25.9 Å². The summed E-state index contributed by atoms with van der Waals surface area (Å²) in [5.41, 5.74) is 3.51. The average Bonchev–Trinajstić information content (AvgIpc) is 3.56. The molecule has 0 aliphatic rings. The topological polar surface area (TPSA) is 90.5 Å². The minimum Gasteiger partial charge on any atom is -0.322 e. The van der Waals surface area contributed by atoms with Crippen LogP contribution in [0.25, 0.3) is 21.9 Å². The smallest absolute Gasteiger partial charge is 0.259 e. The molecule has 146 valence electrons. The van der Waals surface area contributed by atoms with Gasteiger partial charge >= 0.3 is 0 Å². The van der Waals surface area contributed by atoms with Crippen molar-refractivity contribution in [3.8, 4) is 21.9 Å². The summed E-state index contributed by atoms with van der Waals surface area (Å²) in [5.74, 6) is -0.226. The fraction of sp³-hybridized carbons (Fsp3) is 0. The number of para-hydroxylation sites is 1. The SMILES string of the molecule is O=C(Nc1ccc(-n2cnnn2)cc1)c1cn(-c2ccccc2)nc1-c1cccs1. The Bertz CT molecular complexity index is 1260. The number of rotatable bonds is 5. The van der Waals surface area contributed by atoms with Gasteiger partial charge in [0.15, 0.2) is 0 Å². The maximum atomic E-state index is 13.1. The second kappa shape index (κ2) is 7.72. The number of carbonyl (C=O) groups is 1. The van der Waals surface area contributed by atoms with Crippen LogP contribution in [-0.2, 0) is 0 Å². The first-order valence-electron chi connectivity index (χ1n) is 9.12. The van der Waals surface area contributed by atoms with Crippen molar-refractivity contribution in [3.05, 3.63) is 90.2 Å². The zero-order valence-electron chi connectivity index (χ0n) is 15.6. The molecule has 0 aliphatic heterocycles. The predicted molar refractivity (Wildman–Crippen MR) is 114 cm³/mol. The number of aromatic nitrogens is 6. The van der Waals surface area contributed by atoms with Gasteiger partial charge in [-0.1, -0.05) is 24.3 Å². The number of benzene rings is 2. The third-order valence-corrected chi connectivity index (χ3v) is 5.35. The van der Waals surface area contributed by atoms with E-state index in [1.165, 1.54) is 6.33 Å². The van der Waals surface area contributed by atoms with E-state index in [1.54, 1.807) is 39.0 Å². The predicted octanol–water partition coefficient (Wildman–Crippen LogP) is 3.83. The van der Waals surface area contributed by atoms with Crippen LogP contribution in [0.3, 0.4) is 0 Å². The molecular formula is C21H15N7OS. The Labute approximate surface area is 175 Å². The molecule has 0 atom stereocenters. The molecule has 0 aliphatic carbocycles. The molecule has 0 spiro atoms. The first kappa shape index (κ1) is 18.0. The zero-order valence-corrected chi connectivity index (χ0v) is 16.4. The van der Waals surface area contributed by atoms with Crippen molar-refractivity contribution in [1.29, 1.82) is 0 Å². The van der Waals surface area contributed by atoms with Gasteiger partial charge in [0.05, 0.1) is 21.8 Å². The van der Waals surface area contributed by atoms with Crippen molar-refractivity contribution in [2.75, 3.05) is 5.32 Å². The Balaban J connectivity index is 1.45. The molecule has 3 heterocycles. The maximum absolute atomic E-state index is 13.1. The number of tetrazole rings is 1. The van der Waals surface area contributed by atoms with Gasteiger partial charge in [-0.15, -0.1) is 16.4 Å². The lowest BCUT2D eigenvalue weighted by molar-refractivity contribution is 0.102. The summed E-state index contributed by atoms with van der Waals surface area (Å²) < 4.78 is 3.27. The first-order chi connectivity index (χ1) is 14.8. The van der Waals surface area contributed by atoms with Gasteiger partial charge < -0.3 is 5.32 Å². The van der Waals surface area contributed by atoms with E-state index in [1.807, 2.05) is 60.0 Å². The number of hydrogen-bond acceptors (Lipinski definition) is 6. The van der Waals surface area contributed by atoms with E-state index in [0.717, 1.165) is 16.3 Å². The molecule has 8 nitrogen and oxygen atoms in total. The molecule has 0 saturated heterocycles. The minimum atomic E-state index is -0.226. The van der Waals surface area contributed by atoms with Gasteiger partial charge in [-0.25, -0.2) is 9.36 Å². The molecule has 0 radical (unpaired) electrons. The lowest BCUT2D eigenvalue weighted by Gasteiger charge is -2.06. The fourth-order valence-corrected chi connectivity index (χ4v) is 3.75. The normalized spacial score (nSPS) is 10.8. The number of amides is 1. The van der Waals surface area contributed by atoms with Crippen LogP contribution in [0, 0.1) is 0 Å². The number of nitrogens with one attached hydrogen (secondary N) is 1. The van der Waals surface area contributed by atoms with E-state index in [4.69, 9.17) is 0 Å². The van der Waals surface area contributed by atoms with Crippen LogP contribution < -0.4 is 5.32 Å². The van der Waals surface area contributed by atoms with E-state index < -0.39 is 0 Å². The standard InChI is InChI=1S/C21H15N7OS/c29-21(23-15-8-10-17(11-9-15)28-14-22-25-26-28)18-13-27(16-5-2-1-3-6-16)24-20(18)19-7-4-12-30-19/h1-14H,(H,23,29). The monoisotopic (exact) mass is 413 g/mol. The Morgan fingerprint density at radius 1 is 0.900 bits per heavy atom. The lowest BCUT2D eigenvalue weighted by Crippen LogP contribution is -2.12. The molecule has 9 heteroatoms. The average molecular weight is 413 g/mol. The van der Waals surface area contributed by atoms with Gasteiger partial charge in [0.1, 0.15) is 12.0 Å². The van der Waals surface area contributed by atoms with Crippen molar-refractivity contribution in [2.24, 2.45) is 0 Å². The highest BCUT2D eigenvalue weighted by Crippen LogP contribution is 2.28. The van der Waals surface area contributed by atoms with Crippen molar-refractivity contribution in [3.63, 3.8) is 0 Å². The highest BCUT2D eigenvalue weighted by atomic mass is 32.1. The van der Waals surface area contributed by atoms with Gasteiger partial charge in [0.2, 0.25) is 0 Å². The van der Waals surface area contributed by atoms with Gasteiger partial charge in [0, 0.05) is 11.9 Å². The molecule has 0 bridgehead atoms. The molecule has 1 N–H and O–H groups in total. The molecule has 30 heavy (non-hydrogen) atoms. The Kier molecular flexibility index (Phi) is 4.62. The quantitative estimate of drug-likeness (QED) is 0.473. The number of thiophene rings is 1. The summed E-state index contributed by atoms with van der Waals surface area (Å²) >= 11 is 1.55. The molecule has 5 rings (SSSR count). The summed E-state index contributed by atoms with van der Waals surface area (Å²) in [6.45, 7) is 0. The summed E-state index contributed by atoms with van der Waals surface area (Å²) in [5, 5.41) is 20.7. The summed E-state index contributed by atoms with van der Waals surface area (Å²) in [4.78, 5) is 14.0. The first-order valence-corrected chi connectivity index (χ1v) is 10.00. The van der Waals surface area contributed by atoms with Crippen LogP contribution in [0.2, 0.25) is 0 Å². The van der Waals surface area contributed by atoms with E-state index in [0.29, 0.717) is 16.9 Å². The van der Waals surface area contributed by atoms with E-state index in [9.17, 15) is 4.79 Å². The van der Waals surface area contributed by atoms with Crippen molar-refractivity contribution >= 4 is 22.9 Å². The molecule has 0 saturated carbocycles. The van der Waals surface area contributed by atoms with Crippen LogP contribution in [0.15, 0.2) is 84.6 Å². The summed E-state index contributed by atoms with van der Waals surface area (Å²) in [6.07, 6.45) is 3.27. The highest BCUT2D eigenvalue weighted by molar-refractivity contribution is 7.13. The molecule has 0 fully saturated rings. The fourth-order valence-electron chi connectivity index (χ4n) is 3.02. The van der Waals surface area contributed by atoms with Crippen LogP contribution in [0.1, 0.15) is 10.4 Å². The summed E-state index contributed by atoms with van der Waals surface area (Å²) in [7, 11) is 0. The number of nitrogens with zero attached hydrogens (tertiary/aromatic N) is 6. The van der Waals surface area contributed by atoms with Crippen LogP contribution >= 0.6 is 11.3 Å². The Hall–Kier alpha value is -4.11. The number of carbonyl (C=O) groups excluding carboxylic acids is 1. The zero-order chi connectivity index (χ0) is 20.3. The van der Waals surface area contributed by atoms with Gasteiger partial charge in [-0.2, -0.15) is 5.10 Å². The molecule has 1 amide bonds. The van der Waals surface area contributed by atoms with Crippen LogP contribution in [0.5, 0.6) is 0 Å². The van der Waals surface area contributed by atoms with E-state index >= 15 is 0 Å². The van der Waals surface area contributed by atoms with Crippen molar-refractivity contribution in [2.45, 2.75) is 0 Å². The van der Waals surface area contributed by atoms with Gasteiger partial charge in [-0.3, -0.25) is 4.79 Å². The van der Waals surface area contributed by atoms with E-state index in [-0.39, 0.29) is 5.91 Å². The van der Waals surface area contributed by atoms with Crippen LogP contribution in [-0.4, -0.2) is 35.9 Å². The lowest BCUT2D eigenvalue weighted by atomic mass is 10.2. The Morgan fingerprint density at radius 3 is 2.40 bits per heavy atom. The van der Waals surface area contributed by atoms with Gasteiger partial charge in [-0.05, 0) is 58.3 Å². The molecule has 5 aromatic rings. The maximum Gasteiger partial charge on any atom is 0.259 e. The Morgan fingerprint density at radius 2 is 1.70 bits per heavy atom. The second-order valence-corrected chi connectivity index (χ2v) is 7.35. The highest BCUT2D eigenvalue weighted by Gasteiger charge is 2.19. The summed E-state index contributed by atoms with van der Waals surface area (Å²) in [6, 6.07) is 20.9. The molecule has 0 unspecified atom stereocenters. The second-order valence-electron chi connectivity index (χ2n) is 6.40. The minimum absolute atomic E-state index is 0.226. The number of hydrogen-bond donors (Lipinski definition) is 1. The third-order valence-electron chi connectivity index (χ3n) is 4.47. The third kappa shape index (κ3) is 3.49. The largest absolute Gasteiger partial charge is 0.322 e. The molecular weight excluding hydrogens is 398 g/mol. The molecule has 3 aromatic heterocycles. The van der Waals surface area contributed by atoms with Crippen molar-refractivity contribution in [1.82, 2.24) is 30.0 Å². The number of anilines is 1. The van der Waals surface area contributed by atoms with Gasteiger partial charge in [0.25, 0.3) is 5.91 Å². The molecule has 2 aromatic carbocycles. The van der Waals surface area contributed by atoms with Crippen molar-refractivity contribution < 1.29 is 4.79 Å².